The van der Waals surface area contributed by atoms with Crippen LogP contribution in [0.4, 0.5) is 4.79 Å². The Morgan fingerprint density at radius 2 is 1.61 bits per heavy atom. The summed E-state index contributed by atoms with van der Waals surface area (Å²) in [4.78, 5) is 37.2. The van der Waals surface area contributed by atoms with Gasteiger partial charge in [0.25, 0.3) is 0 Å². The number of nitrogens with one attached hydrogen (secondary N) is 2. The van der Waals surface area contributed by atoms with Gasteiger partial charge in [0.15, 0.2) is 17.3 Å². The molecule has 4 rings (SSSR count). The second kappa shape index (κ2) is 10.8. The summed E-state index contributed by atoms with van der Waals surface area (Å²) in [7, 11) is 2.86. The summed E-state index contributed by atoms with van der Waals surface area (Å²) in [6.45, 7) is 1.96. The van der Waals surface area contributed by atoms with Crippen molar-refractivity contribution in [2.75, 3.05) is 14.2 Å². The number of methoxy groups -OCH3 is 2. The third kappa shape index (κ3) is 5.22. The van der Waals surface area contributed by atoms with Crippen LogP contribution in [0.5, 0.6) is 11.5 Å². The van der Waals surface area contributed by atoms with Crippen molar-refractivity contribution in [3.63, 3.8) is 0 Å². The third-order valence-corrected chi connectivity index (χ3v) is 5.84. The number of amides is 2. The number of Topliss-reactive ketones (excluding diaryl/α,β-unsaturated/α-hetero) is 1. The molecule has 0 radical (unpaired) electrons. The molecule has 1 aliphatic heterocycles. The molecule has 3 aromatic carbocycles. The molecule has 1 heterocycles. The summed E-state index contributed by atoms with van der Waals surface area (Å²) in [5.74, 6) is 0.366. The first-order valence-corrected chi connectivity index (χ1v) is 11.3. The Bertz CT molecular complexity index is 1320. The largest absolute Gasteiger partial charge is 0.493 e. The fourth-order valence-electron chi connectivity index (χ4n) is 3.99. The molecule has 8 nitrogen and oxygen atoms in total. The van der Waals surface area contributed by atoms with Gasteiger partial charge in [-0.3, -0.25) is 4.79 Å². The van der Waals surface area contributed by atoms with Crippen molar-refractivity contribution < 1.29 is 28.6 Å². The van der Waals surface area contributed by atoms with Gasteiger partial charge in [0.05, 0.1) is 25.8 Å². The van der Waals surface area contributed by atoms with Crippen molar-refractivity contribution in [1.82, 2.24) is 10.6 Å². The number of ether oxygens (including phenoxy) is 3. The lowest BCUT2D eigenvalue weighted by atomic mass is 9.89. The number of carbonyl (C=O) groups is 3. The van der Waals surface area contributed by atoms with E-state index in [9.17, 15) is 14.4 Å². The Kier molecular flexibility index (Phi) is 7.34. The Morgan fingerprint density at radius 3 is 2.28 bits per heavy atom. The first-order chi connectivity index (χ1) is 17.4. The molecule has 36 heavy (non-hydrogen) atoms. The van der Waals surface area contributed by atoms with E-state index in [2.05, 4.69) is 10.6 Å². The van der Waals surface area contributed by atoms with E-state index in [-0.39, 0.29) is 12.4 Å². The van der Waals surface area contributed by atoms with Crippen molar-refractivity contribution in [2.45, 2.75) is 19.6 Å². The maximum absolute atomic E-state index is 13.3. The standard InChI is InChI=1S/C28H26N2O6/c1-17-24(26(31)19-7-5-4-6-8-19)25(30-28(33)29-17)21-13-14-22(23(15-21)34-2)36-16-18-9-11-20(12-10-18)27(32)35-3/h4-15,25H,16H2,1-3H3,(H2,29,30,33)/t25-/m0/s1. The highest BCUT2D eigenvalue weighted by molar-refractivity contribution is 6.11. The van der Waals surface area contributed by atoms with Crippen LogP contribution in [0.25, 0.3) is 0 Å². The van der Waals surface area contributed by atoms with Crippen LogP contribution in [0.2, 0.25) is 0 Å². The zero-order chi connectivity index (χ0) is 25.7. The lowest BCUT2D eigenvalue weighted by Gasteiger charge is -2.29. The van der Waals surface area contributed by atoms with Crippen molar-refractivity contribution in [3.05, 3.63) is 106 Å². The number of esters is 1. The van der Waals surface area contributed by atoms with Crippen LogP contribution in [-0.4, -0.2) is 32.0 Å². The molecule has 2 amide bonds. The van der Waals surface area contributed by atoms with Gasteiger partial charge in [0.1, 0.15) is 6.61 Å². The molecule has 0 saturated carbocycles. The zero-order valence-electron chi connectivity index (χ0n) is 20.2. The van der Waals surface area contributed by atoms with Crippen LogP contribution >= 0.6 is 0 Å². The topological polar surface area (TPSA) is 103 Å². The van der Waals surface area contributed by atoms with Gasteiger partial charge in [-0.1, -0.05) is 48.5 Å². The van der Waals surface area contributed by atoms with Crippen molar-refractivity contribution in [2.24, 2.45) is 0 Å². The van der Waals surface area contributed by atoms with Crippen molar-refractivity contribution in [3.8, 4) is 11.5 Å². The molecule has 0 aliphatic carbocycles. The average Bonchev–Trinajstić information content (AvgIpc) is 2.91. The normalized spacial score (nSPS) is 15.0. The van der Waals surface area contributed by atoms with E-state index in [1.165, 1.54) is 14.2 Å². The minimum absolute atomic E-state index is 0.180. The Balaban J connectivity index is 1.58. The summed E-state index contributed by atoms with van der Waals surface area (Å²) in [6, 6.07) is 20.1. The van der Waals surface area contributed by atoms with Crippen LogP contribution in [0.15, 0.2) is 84.1 Å². The minimum atomic E-state index is -0.666. The highest BCUT2D eigenvalue weighted by Crippen LogP contribution is 2.35. The van der Waals surface area contributed by atoms with Crippen molar-refractivity contribution >= 4 is 17.8 Å². The van der Waals surface area contributed by atoms with Gasteiger partial charge < -0.3 is 24.8 Å². The van der Waals surface area contributed by atoms with Gasteiger partial charge in [-0.15, -0.1) is 0 Å². The summed E-state index contributed by atoms with van der Waals surface area (Å²) in [5, 5.41) is 5.55. The van der Waals surface area contributed by atoms with E-state index in [4.69, 9.17) is 14.2 Å². The van der Waals surface area contributed by atoms with Crippen LogP contribution in [0.3, 0.4) is 0 Å². The van der Waals surface area contributed by atoms with E-state index >= 15 is 0 Å². The number of hydrogen-bond acceptors (Lipinski definition) is 6. The molecule has 0 unspecified atom stereocenters. The molecular formula is C28H26N2O6. The van der Waals surface area contributed by atoms with Crippen LogP contribution < -0.4 is 20.1 Å². The summed E-state index contributed by atoms with van der Waals surface area (Å²) in [5.41, 5.74) is 3.45. The maximum Gasteiger partial charge on any atom is 0.337 e. The Hall–Kier alpha value is -4.59. The molecule has 2 N–H and O–H groups in total. The molecule has 8 heteroatoms. The molecular weight excluding hydrogens is 460 g/mol. The highest BCUT2D eigenvalue weighted by atomic mass is 16.5. The van der Waals surface area contributed by atoms with E-state index in [1.54, 1.807) is 73.7 Å². The quantitative estimate of drug-likeness (QED) is 0.357. The first-order valence-electron chi connectivity index (χ1n) is 11.3. The van der Waals surface area contributed by atoms with E-state index in [0.29, 0.717) is 39.5 Å². The van der Waals surface area contributed by atoms with E-state index in [1.807, 2.05) is 6.07 Å². The van der Waals surface area contributed by atoms with Gasteiger partial charge in [-0.25, -0.2) is 9.59 Å². The lowest BCUT2D eigenvalue weighted by molar-refractivity contribution is 0.0600. The number of rotatable bonds is 8. The van der Waals surface area contributed by atoms with Gasteiger partial charge >= 0.3 is 12.0 Å². The van der Waals surface area contributed by atoms with Crippen LogP contribution in [-0.2, 0) is 11.3 Å². The second-order valence-electron chi connectivity index (χ2n) is 8.15. The highest BCUT2D eigenvalue weighted by Gasteiger charge is 2.32. The third-order valence-electron chi connectivity index (χ3n) is 5.84. The first kappa shape index (κ1) is 24.5. The molecule has 1 aliphatic rings. The van der Waals surface area contributed by atoms with E-state index < -0.39 is 18.0 Å². The van der Waals surface area contributed by atoms with Gasteiger partial charge in [-0.2, -0.15) is 0 Å². The molecule has 184 valence electrons. The Morgan fingerprint density at radius 1 is 0.889 bits per heavy atom. The molecule has 3 aromatic rings. The summed E-state index contributed by atoms with van der Waals surface area (Å²) >= 11 is 0. The SMILES string of the molecule is COC(=O)c1ccc(COc2ccc([C@@H]3NC(=O)NC(C)=C3C(=O)c3ccccc3)cc2OC)cc1. The van der Waals surface area contributed by atoms with E-state index in [0.717, 1.165) is 5.56 Å². The van der Waals surface area contributed by atoms with Gasteiger partial charge in [-0.05, 0) is 42.3 Å². The van der Waals surface area contributed by atoms with Gasteiger partial charge in [0, 0.05) is 16.8 Å². The summed E-state index contributed by atoms with van der Waals surface area (Å²) in [6.07, 6.45) is 0. The van der Waals surface area contributed by atoms with Gasteiger partial charge in [0.2, 0.25) is 0 Å². The molecule has 0 bridgehead atoms. The zero-order valence-corrected chi connectivity index (χ0v) is 20.2. The molecule has 0 aromatic heterocycles. The number of carbonyl (C=O) groups excluding carboxylic acids is 3. The maximum atomic E-state index is 13.3. The molecule has 0 fully saturated rings. The minimum Gasteiger partial charge on any atom is -0.493 e. The molecule has 0 spiro atoms. The lowest BCUT2D eigenvalue weighted by Crippen LogP contribution is -2.45. The number of ketones is 1. The number of urea groups is 1. The number of benzene rings is 3. The smallest absolute Gasteiger partial charge is 0.337 e. The van der Waals surface area contributed by atoms with Crippen LogP contribution in [0, 0.1) is 0 Å². The predicted octanol–water partition coefficient (Wildman–Crippen LogP) is 4.57. The van der Waals surface area contributed by atoms with Crippen molar-refractivity contribution in [1.29, 1.82) is 0 Å². The van der Waals surface area contributed by atoms with Crippen LogP contribution in [0.1, 0.15) is 44.8 Å². The fraction of sp³-hybridized carbons (Fsp3) is 0.179. The predicted molar refractivity (Wildman–Crippen MR) is 133 cm³/mol. The molecule has 1 atom stereocenters. The number of hydrogen-bond donors (Lipinski definition) is 2. The molecule has 0 saturated heterocycles. The summed E-state index contributed by atoms with van der Waals surface area (Å²) < 4.78 is 16.2. The fourth-order valence-corrected chi connectivity index (χ4v) is 3.99. The number of allylic oxidation sites excluding steroid dienone is 1. The monoisotopic (exact) mass is 486 g/mol. The average molecular weight is 487 g/mol. The Labute approximate surface area is 208 Å². The second-order valence-corrected chi connectivity index (χ2v) is 8.15.